The maximum atomic E-state index is 11.7. The van der Waals surface area contributed by atoms with Crippen molar-refractivity contribution in [2.24, 2.45) is 0 Å². The fraction of sp³-hybridized carbons (Fsp3) is 0.400. The normalized spacial score (nSPS) is 13.3. The molecule has 0 aliphatic carbocycles. The summed E-state index contributed by atoms with van der Waals surface area (Å²) in [6.07, 6.45) is -2.29. The Bertz CT molecular complexity index is 539. The molecule has 7 heteroatoms. The molecule has 0 saturated heterocycles. The smallest absolute Gasteiger partial charge is 0.379 e. The summed E-state index contributed by atoms with van der Waals surface area (Å²) in [5.41, 5.74) is 0.527. The van der Waals surface area contributed by atoms with Crippen LogP contribution < -0.4 is 0 Å². The number of Topliss-reactive ketones (excluding diaryl/α,β-unsaturated/α-hetero) is 1. The van der Waals surface area contributed by atoms with Gasteiger partial charge in [-0.3, -0.25) is 9.59 Å². The lowest BCUT2D eigenvalue weighted by Gasteiger charge is -2.17. The number of aliphatic hydroxyl groups is 2. The second-order valence-electron chi connectivity index (χ2n) is 4.49. The molecule has 0 aliphatic rings. The first-order valence-electron chi connectivity index (χ1n) is 6.67. The van der Waals surface area contributed by atoms with E-state index in [1.807, 2.05) is 0 Å². The summed E-state index contributed by atoms with van der Waals surface area (Å²) in [5.74, 6) is -1.63. The summed E-state index contributed by atoms with van der Waals surface area (Å²) < 4.78 is 4.62. The van der Waals surface area contributed by atoms with E-state index in [-0.39, 0.29) is 23.0 Å². The number of ether oxygens (including phenoxy) is 1. The molecule has 1 aromatic carbocycles. The Labute approximate surface area is 132 Å². The molecule has 0 amide bonds. The summed E-state index contributed by atoms with van der Waals surface area (Å²) in [6.45, 7) is 3.09. The average Bonchev–Trinajstić information content (AvgIpc) is 2.51. The van der Waals surface area contributed by atoms with E-state index in [2.05, 4.69) is 4.74 Å². The van der Waals surface area contributed by atoms with Crippen LogP contribution in [-0.4, -0.2) is 45.5 Å². The zero-order valence-corrected chi connectivity index (χ0v) is 13.1. The molecule has 1 aromatic rings. The van der Waals surface area contributed by atoms with Gasteiger partial charge in [-0.2, -0.15) is 0 Å². The maximum absolute atomic E-state index is 11.7. The molecule has 0 radical (unpaired) electrons. The predicted octanol–water partition coefficient (Wildman–Crippen LogP) is 1.11. The quantitative estimate of drug-likeness (QED) is 0.439. The van der Waals surface area contributed by atoms with Crippen molar-refractivity contribution < 1.29 is 29.3 Å². The van der Waals surface area contributed by atoms with Crippen molar-refractivity contribution in [2.45, 2.75) is 26.1 Å². The molecule has 22 heavy (non-hydrogen) atoms. The fourth-order valence-electron chi connectivity index (χ4n) is 1.66. The van der Waals surface area contributed by atoms with Crippen LogP contribution in [0.15, 0.2) is 24.3 Å². The van der Waals surface area contributed by atoms with Crippen molar-refractivity contribution in [2.75, 3.05) is 12.4 Å². The Balaban J connectivity index is 2.73. The molecular formula is C15H18O6S. The zero-order chi connectivity index (χ0) is 16.7. The van der Waals surface area contributed by atoms with E-state index in [1.165, 1.54) is 31.2 Å². The minimum Gasteiger partial charge on any atom is -0.460 e. The van der Waals surface area contributed by atoms with Crippen LogP contribution >= 0.6 is 11.8 Å². The molecule has 2 N–H and O–H groups in total. The molecule has 0 saturated carbocycles. The molecule has 0 heterocycles. The number of carbonyl (C=O) groups is 3. The van der Waals surface area contributed by atoms with Gasteiger partial charge in [-0.1, -0.05) is 36.0 Å². The highest BCUT2D eigenvalue weighted by Crippen LogP contribution is 2.20. The van der Waals surface area contributed by atoms with Gasteiger partial charge in [0.15, 0.2) is 5.12 Å². The van der Waals surface area contributed by atoms with E-state index < -0.39 is 24.0 Å². The molecule has 0 fully saturated rings. The van der Waals surface area contributed by atoms with Crippen molar-refractivity contribution in [3.8, 4) is 0 Å². The van der Waals surface area contributed by atoms with Crippen molar-refractivity contribution in [3.05, 3.63) is 35.4 Å². The first-order chi connectivity index (χ1) is 10.4. The Morgan fingerprint density at radius 1 is 1.18 bits per heavy atom. The Morgan fingerprint density at radius 2 is 1.77 bits per heavy atom. The first-order valence-corrected chi connectivity index (χ1v) is 7.66. The molecule has 120 valence electrons. The van der Waals surface area contributed by atoms with E-state index in [4.69, 9.17) is 0 Å². The highest BCUT2D eigenvalue weighted by atomic mass is 32.2. The monoisotopic (exact) mass is 326 g/mol. The summed E-state index contributed by atoms with van der Waals surface area (Å²) in [7, 11) is 0. The van der Waals surface area contributed by atoms with Crippen LogP contribution in [0.5, 0.6) is 0 Å². The van der Waals surface area contributed by atoms with E-state index >= 15 is 0 Å². The van der Waals surface area contributed by atoms with E-state index in [9.17, 15) is 24.6 Å². The summed E-state index contributed by atoms with van der Waals surface area (Å²) in [4.78, 5) is 33.9. The second-order valence-corrected chi connectivity index (χ2v) is 5.68. The highest BCUT2D eigenvalue weighted by molar-refractivity contribution is 8.13. The van der Waals surface area contributed by atoms with Gasteiger partial charge in [0.1, 0.15) is 6.10 Å². The lowest BCUT2D eigenvalue weighted by Crippen LogP contribution is -2.22. The van der Waals surface area contributed by atoms with Crippen LogP contribution in [0.2, 0.25) is 0 Å². The number of benzene rings is 1. The molecule has 6 nitrogen and oxygen atoms in total. The fourth-order valence-corrected chi connectivity index (χ4v) is 2.25. The summed E-state index contributed by atoms with van der Waals surface area (Å²) in [6, 6.07) is 5.64. The number of carbonyl (C=O) groups excluding carboxylic acids is 3. The number of thioether (sulfide) groups is 1. The van der Waals surface area contributed by atoms with Gasteiger partial charge in [-0.05, 0) is 12.5 Å². The Morgan fingerprint density at radius 3 is 2.27 bits per heavy atom. The lowest BCUT2D eigenvalue weighted by molar-refractivity contribution is -0.137. The minimum atomic E-state index is -1.18. The highest BCUT2D eigenvalue weighted by Gasteiger charge is 2.21. The van der Waals surface area contributed by atoms with Crippen LogP contribution in [0.3, 0.4) is 0 Å². The third-order valence-electron chi connectivity index (χ3n) is 2.80. The number of aliphatic hydroxyl groups excluding tert-OH is 2. The minimum absolute atomic E-state index is 0.0695. The standard InChI is InChI=1S/C15H18O6S/c1-3-21-15(20)14(19)11-6-4-10(5-7-11)13(18)12(17)8-22-9(2)16/h4-7,12-13,17-18H,3,8H2,1-2H3. The average molecular weight is 326 g/mol. The molecule has 0 aliphatic heterocycles. The van der Waals surface area contributed by atoms with E-state index in [1.54, 1.807) is 6.92 Å². The molecular weight excluding hydrogens is 308 g/mol. The number of esters is 1. The van der Waals surface area contributed by atoms with Crippen LogP contribution in [0.4, 0.5) is 0 Å². The van der Waals surface area contributed by atoms with Gasteiger partial charge < -0.3 is 14.9 Å². The van der Waals surface area contributed by atoms with Gasteiger partial charge in [-0.15, -0.1) is 0 Å². The molecule has 2 unspecified atom stereocenters. The van der Waals surface area contributed by atoms with Crippen LogP contribution in [-0.2, 0) is 14.3 Å². The van der Waals surface area contributed by atoms with Crippen LogP contribution in [0.1, 0.15) is 35.9 Å². The summed E-state index contributed by atoms with van der Waals surface area (Å²) in [5, 5.41) is 19.6. The zero-order valence-electron chi connectivity index (χ0n) is 12.3. The van der Waals surface area contributed by atoms with Gasteiger partial charge >= 0.3 is 5.97 Å². The molecule has 1 rings (SSSR count). The van der Waals surface area contributed by atoms with Crippen LogP contribution in [0, 0.1) is 0 Å². The largest absolute Gasteiger partial charge is 0.460 e. The van der Waals surface area contributed by atoms with Crippen molar-refractivity contribution >= 4 is 28.6 Å². The molecule has 0 spiro atoms. The molecule has 0 bridgehead atoms. The lowest BCUT2D eigenvalue weighted by atomic mass is 10.0. The van der Waals surface area contributed by atoms with Gasteiger partial charge in [0.05, 0.1) is 12.7 Å². The summed E-state index contributed by atoms with van der Waals surface area (Å²) >= 11 is 0.916. The van der Waals surface area contributed by atoms with Crippen molar-refractivity contribution in [3.63, 3.8) is 0 Å². The number of hydrogen-bond donors (Lipinski definition) is 2. The van der Waals surface area contributed by atoms with Gasteiger partial charge in [0, 0.05) is 18.2 Å². The van der Waals surface area contributed by atoms with Crippen LogP contribution in [0.25, 0.3) is 0 Å². The second kappa shape index (κ2) is 8.67. The molecule has 0 aromatic heterocycles. The Hall–Kier alpha value is -1.70. The third-order valence-corrected chi connectivity index (χ3v) is 3.71. The van der Waals surface area contributed by atoms with E-state index in [0.29, 0.717) is 5.56 Å². The van der Waals surface area contributed by atoms with E-state index in [0.717, 1.165) is 11.8 Å². The number of ketones is 1. The van der Waals surface area contributed by atoms with Gasteiger partial charge in [0.2, 0.25) is 0 Å². The SMILES string of the molecule is CCOC(=O)C(=O)c1ccc(C(O)C(O)CSC(C)=O)cc1. The Kier molecular flexibility index (Phi) is 7.23. The van der Waals surface area contributed by atoms with Crippen molar-refractivity contribution in [1.29, 1.82) is 0 Å². The molecule has 2 atom stereocenters. The first kappa shape index (κ1) is 18.3. The number of rotatable bonds is 7. The third kappa shape index (κ3) is 5.25. The topological polar surface area (TPSA) is 101 Å². The van der Waals surface area contributed by atoms with Gasteiger partial charge in [-0.25, -0.2) is 4.79 Å². The maximum Gasteiger partial charge on any atom is 0.379 e. The van der Waals surface area contributed by atoms with Gasteiger partial charge in [0.25, 0.3) is 5.78 Å². The number of hydrogen-bond acceptors (Lipinski definition) is 7. The van der Waals surface area contributed by atoms with Crippen molar-refractivity contribution in [1.82, 2.24) is 0 Å². The predicted molar refractivity (Wildman–Crippen MR) is 81.5 cm³/mol.